The maximum Gasteiger partial charge on any atom is 0.223 e. The number of piperidine rings is 1. The predicted octanol–water partition coefficient (Wildman–Crippen LogP) is 4.15. The highest BCUT2D eigenvalue weighted by atomic mass is 16.3. The van der Waals surface area contributed by atoms with Crippen LogP contribution in [0.15, 0.2) is 60.7 Å². The number of carbonyl (C=O) groups is 1. The lowest BCUT2D eigenvalue weighted by molar-refractivity contribution is -0.133. The van der Waals surface area contributed by atoms with Crippen molar-refractivity contribution >= 4 is 5.91 Å². The third-order valence-electron chi connectivity index (χ3n) is 5.33. The minimum atomic E-state index is -0.429. The molecule has 132 valence electrons. The zero-order chi connectivity index (χ0) is 17.6. The molecule has 1 N–H and O–H groups in total. The van der Waals surface area contributed by atoms with Crippen molar-refractivity contribution < 1.29 is 9.90 Å². The summed E-state index contributed by atoms with van der Waals surface area (Å²) in [6, 6.07) is 20.0. The molecule has 0 bridgehead atoms. The Labute approximate surface area is 150 Å². The zero-order valence-corrected chi connectivity index (χ0v) is 14.8. The first-order valence-corrected chi connectivity index (χ1v) is 9.21. The topological polar surface area (TPSA) is 40.5 Å². The number of carbonyl (C=O) groups excluding carboxylic acids is 1. The highest BCUT2D eigenvalue weighted by Gasteiger charge is 2.28. The molecule has 2 atom stereocenters. The Kier molecular flexibility index (Phi) is 5.87. The monoisotopic (exact) mass is 337 g/mol. The zero-order valence-electron chi connectivity index (χ0n) is 14.8. The maximum atomic E-state index is 12.6. The molecule has 2 aromatic carbocycles. The van der Waals surface area contributed by atoms with Gasteiger partial charge in [0, 0.05) is 19.5 Å². The highest BCUT2D eigenvalue weighted by Crippen LogP contribution is 2.31. The average molecular weight is 337 g/mol. The molecule has 3 rings (SSSR count). The third kappa shape index (κ3) is 4.49. The van der Waals surface area contributed by atoms with Gasteiger partial charge in [-0.25, -0.2) is 0 Å². The third-order valence-corrected chi connectivity index (χ3v) is 5.33. The molecular formula is C22H27NO2. The van der Waals surface area contributed by atoms with Gasteiger partial charge in [0.1, 0.15) is 0 Å². The summed E-state index contributed by atoms with van der Waals surface area (Å²) in [6.45, 7) is 3.60. The number of likely N-dealkylation sites (tertiary alicyclic amines) is 1. The van der Waals surface area contributed by atoms with Crippen molar-refractivity contribution in [1.29, 1.82) is 0 Å². The fourth-order valence-electron chi connectivity index (χ4n) is 3.68. The van der Waals surface area contributed by atoms with E-state index in [0.29, 0.717) is 6.42 Å². The van der Waals surface area contributed by atoms with Crippen molar-refractivity contribution in [3.63, 3.8) is 0 Å². The van der Waals surface area contributed by atoms with Gasteiger partial charge in [-0.1, -0.05) is 67.6 Å². The van der Waals surface area contributed by atoms with Crippen LogP contribution in [-0.4, -0.2) is 29.0 Å². The number of benzene rings is 2. The summed E-state index contributed by atoms with van der Waals surface area (Å²) in [4.78, 5) is 14.6. The standard InChI is InChI=1S/C22H27NO2/c1-17(18-8-4-2-5-9-18)16-21(24)23-14-12-20(13-15-23)22(25)19-10-6-3-7-11-19/h2-11,17,20,22,25H,12-16H2,1H3/t17-,22+/m0/s1. The quantitative estimate of drug-likeness (QED) is 0.890. The lowest BCUT2D eigenvalue weighted by Crippen LogP contribution is -2.40. The number of amides is 1. The minimum absolute atomic E-state index is 0.226. The van der Waals surface area contributed by atoms with E-state index in [1.54, 1.807) is 0 Å². The van der Waals surface area contributed by atoms with Crippen molar-refractivity contribution in [2.24, 2.45) is 5.92 Å². The van der Waals surface area contributed by atoms with Gasteiger partial charge in [0.25, 0.3) is 0 Å². The van der Waals surface area contributed by atoms with E-state index >= 15 is 0 Å². The van der Waals surface area contributed by atoms with Gasteiger partial charge in [-0.15, -0.1) is 0 Å². The molecule has 0 spiro atoms. The molecule has 1 heterocycles. The van der Waals surface area contributed by atoms with Crippen molar-refractivity contribution in [1.82, 2.24) is 4.90 Å². The van der Waals surface area contributed by atoms with E-state index in [-0.39, 0.29) is 17.7 Å². The molecule has 0 saturated carbocycles. The molecule has 0 radical (unpaired) electrons. The molecule has 2 aromatic rings. The van der Waals surface area contributed by atoms with E-state index in [0.717, 1.165) is 31.5 Å². The summed E-state index contributed by atoms with van der Waals surface area (Å²) in [5.41, 5.74) is 2.19. The molecule has 0 aliphatic carbocycles. The second-order valence-electron chi connectivity index (χ2n) is 7.09. The van der Waals surface area contributed by atoms with Crippen LogP contribution in [-0.2, 0) is 4.79 Å². The summed E-state index contributed by atoms with van der Waals surface area (Å²) in [5.74, 6) is 0.698. The van der Waals surface area contributed by atoms with Crippen LogP contribution >= 0.6 is 0 Å². The minimum Gasteiger partial charge on any atom is -0.388 e. The Balaban J connectivity index is 1.51. The van der Waals surface area contributed by atoms with Crippen molar-refractivity contribution in [2.45, 2.75) is 38.2 Å². The highest BCUT2D eigenvalue weighted by molar-refractivity contribution is 5.77. The van der Waals surface area contributed by atoms with E-state index in [4.69, 9.17) is 0 Å². The van der Waals surface area contributed by atoms with E-state index in [9.17, 15) is 9.90 Å². The van der Waals surface area contributed by atoms with Gasteiger partial charge in [-0.05, 0) is 35.8 Å². The van der Waals surface area contributed by atoms with Crippen LogP contribution in [0.3, 0.4) is 0 Å². The first kappa shape index (κ1) is 17.7. The van der Waals surface area contributed by atoms with Crippen LogP contribution in [0.25, 0.3) is 0 Å². The first-order valence-electron chi connectivity index (χ1n) is 9.21. The molecule has 1 aliphatic heterocycles. The number of aliphatic hydroxyl groups is 1. The van der Waals surface area contributed by atoms with Gasteiger partial charge in [-0.2, -0.15) is 0 Å². The lowest BCUT2D eigenvalue weighted by atomic mass is 9.87. The van der Waals surface area contributed by atoms with Crippen LogP contribution in [0.5, 0.6) is 0 Å². The Morgan fingerprint density at radius 1 is 1.00 bits per heavy atom. The first-order chi connectivity index (χ1) is 12.1. The molecular weight excluding hydrogens is 310 g/mol. The van der Waals surface area contributed by atoms with Crippen LogP contribution in [0.1, 0.15) is 49.3 Å². The molecule has 0 unspecified atom stereocenters. The number of hydrogen-bond donors (Lipinski definition) is 1. The Bertz CT molecular complexity index is 663. The van der Waals surface area contributed by atoms with Crippen molar-refractivity contribution in [2.75, 3.05) is 13.1 Å². The molecule has 1 saturated heterocycles. The number of nitrogens with zero attached hydrogens (tertiary/aromatic N) is 1. The van der Waals surface area contributed by atoms with Gasteiger partial charge in [0.05, 0.1) is 6.10 Å². The van der Waals surface area contributed by atoms with E-state index in [1.807, 2.05) is 53.4 Å². The number of aliphatic hydroxyl groups excluding tert-OH is 1. The maximum absolute atomic E-state index is 12.6. The van der Waals surface area contributed by atoms with Gasteiger partial charge in [0.15, 0.2) is 0 Å². The number of rotatable bonds is 5. The molecule has 25 heavy (non-hydrogen) atoms. The largest absolute Gasteiger partial charge is 0.388 e. The summed E-state index contributed by atoms with van der Waals surface area (Å²) in [7, 11) is 0. The summed E-state index contributed by atoms with van der Waals surface area (Å²) >= 11 is 0. The van der Waals surface area contributed by atoms with Crippen LogP contribution in [0.2, 0.25) is 0 Å². The second-order valence-corrected chi connectivity index (χ2v) is 7.09. The molecule has 1 aliphatic rings. The molecule has 1 amide bonds. The van der Waals surface area contributed by atoms with Crippen molar-refractivity contribution in [3.05, 3.63) is 71.8 Å². The number of hydrogen-bond acceptors (Lipinski definition) is 2. The molecule has 3 nitrogen and oxygen atoms in total. The van der Waals surface area contributed by atoms with Gasteiger partial charge in [-0.3, -0.25) is 4.79 Å². The predicted molar refractivity (Wildman–Crippen MR) is 100 cm³/mol. The Hall–Kier alpha value is -2.13. The summed E-state index contributed by atoms with van der Waals surface area (Å²) in [5, 5.41) is 10.6. The average Bonchev–Trinajstić information content (AvgIpc) is 2.69. The van der Waals surface area contributed by atoms with Crippen LogP contribution < -0.4 is 0 Å². The Morgan fingerprint density at radius 2 is 1.52 bits per heavy atom. The molecule has 3 heteroatoms. The summed E-state index contributed by atoms with van der Waals surface area (Å²) < 4.78 is 0. The van der Waals surface area contributed by atoms with Crippen LogP contribution in [0, 0.1) is 5.92 Å². The van der Waals surface area contributed by atoms with Crippen LogP contribution in [0.4, 0.5) is 0 Å². The second kappa shape index (κ2) is 8.30. The van der Waals surface area contributed by atoms with Gasteiger partial charge >= 0.3 is 0 Å². The van der Waals surface area contributed by atoms with E-state index in [2.05, 4.69) is 19.1 Å². The van der Waals surface area contributed by atoms with E-state index < -0.39 is 6.10 Å². The molecule has 1 fully saturated rings. The van der Waals surface area contributed by atoms with Gasteiger partial charge in [0.2, 0.25) is 5.91 Å². The SMILES string of the molecule is C[C@@H](CC(=O)N1CCC([C@H](O)c2ccccc2)CC1)c1ccccc1. The summed E-state index contributed by atoms with van der Waals surface area (Å²) in [6.07, 6.45) is 1.85. The van der Waals surface area contributed by atoms with Crippen molar-refractivity contribution in [3.8, 4) is 0 Å². The normalized spacial score (nSPS) is 17.9. The lowest BCUT2D eigenvalue weighted by Gasteiger charge is -2.35. The fourth-order valence-corrected chi connectivity index (χ4v) is 3.68. The van der Waals surface area contributed by atoms with E-state index in [1.165, 1.54) is 5.56 Å². The fraction of sp³-hybridized carbons (Fsp3) is 0.409. The Morgan fingerprint density at radius 3 is 2.08 bits per heavy atom. The molecule has 0 aromatic heterocycles. The van der Waals surface area contributed by atoms with Gasteiger partial charge < -0.3 is 10.0 Å². The smallest absolute Gasteiger partial charge is 0.223 e.